The van der Waals surface area contributed by atoms with Crippen molar-refractivity contribution >= 4 is 17.5 Å². The number of rotatable bonds is 5. The van der Waals surface area contributed by atoms with Gasteiger partial charge in [-0.2, -0.15) is 18.4 Å². The highest BCUT2D eigenvalue weighted by Crippen LogP contribution is 2.36. The van der Waals surface area contributed by atoms with Crippen LogP contribution in [-0.4, -0.2) is 23.5 Å². The quantitative estimate of drug-likeness (QED) is 0.458. The maximum absolute atomic E-state index is 13.3. The van der Waals surface area contributed by atoms with Crippen LogP contribution in [0.4, 0.5) is 13.2 Å². The fraction of sp³-hybridized carbons (Fsp3) is 0.269. The number of halogens is 4. The lowest BCUT2D eigenvalue weighted by atomic mass is 9.88. The molecule has 5 nitrogen and oxygen atoms in total. The lowest BCUT2D eigenvalue weighted by Gasteiger charge is -2.33. The second kappa shape index (κ2) is 10.5. The Hall–Kier alpha value is -3.41. The molecule has 0 saturated carbocycles. The van der Waals surface area contributed by atoms with Gasteiger partial charge in [-0.15, -0.1) is 0 Å². The average molecular weight is 499 g/mol. The number of alkyl halides is 3. The number of nitrogens with zero attached hydrogens (tertiary/aromatic N) is 2. The van der Waals surface area contributed by atoms with Gasteiger partial charge < -0.3 is 10.6 Å². The molecule has 2 atom stereocenters. The van der Waals surface area contributed by atoms with E-state index in [-0.39, 0.29) is 6.04 Å². The Morgan fingerprint density at radius 3 is 2.57 bits per heavy atom. The molecule has 2 N–H and O–H groups in total. The molecule has 0 spiro atoms. The van der Waals surface area contributed by atoms with Gasteiger partial charge in [0, 0.05) is 12.2 Å². The van der Waals surface area contributed by atoms with Gasteiger partial charge in [0.1, 0.15) is 5.69 Å². The number of nitrogens with one attached hydrogen (secondary N) is 2. The van der Waals surface area contributed by atoms with Crippen molar-refractivity contribution in [2.75, 3.05) is 6.54 Å². The number of benzene rings is 2. The van der Waals surface area contributed by atoms with Gasteiger partial charge in [0.15, 0.2) is 0 Å². The molecule has 0 bridgehead atoms. The van der Waals surface area contributed by atoms with E-state index in [2.05, 4.69) is 21.7 Å². The Morgan fingerprint density at radius 2 is 1.91 bits per heavy atom. The highest BCUT2D eigenvalue weighted by molar-refractivity contribution is 6.34. The van der Waals surface area contributed by atoms with Crippen molar-refractivity contribution < 1.29 is 18.0 Å². The van der Waals surface area contributed by atoms with E-state index in [4.69, 9.17) is 11.6 Å². The van der Waals surface area contributed by atoms with Crippen LogP contribution < -0.4 is 10.6 Å². The number of hydrogen-bond donors (Lipinski definition) is 2. The average Bonchev–Trinajstić information content (AvgIpc) is 2.87. The molecule has 0 aliphatic carbocycles. The van der Waals surface area contributed by atoms with Crippen LogP contribution in [0.15, 0.2) is 60.8 Å². The van der Waals surface area contributed by atoms with Crippen LogP contribution in [0.3, 0.4) is 0 Å². The highest BCUT2D eigenvalue weighted by Gasteiger charge is 2.36. The van der Waals surface area contributed by atoms with Crippen molar-refractivity contribution in [3.8, 4) is 17.2 Å². The van der Waals surface area contributed by atoms with Crippen LogP contribution in [0.25, 0.3) is 11.1 Å². The zero-order chi connectivity index (χ0) is 25.0. The predicted octanol–water partition coefficient (Wildman–Crippen LogP) is 5.91. The number of piperidine rings is 1. The third-order valence-corrected chi connectivity index (χ3v) is 6.44. The minimum absolute atomic E-state index is 0.226. The standard InChI is InChI=1S/C26H22ClF3N4O/c27-22-20(26(28,29)30)11-13-33-24(22)25(35)34-23(21-8-4-5-12-32-21)19-14-17(9-10-18(19)15-31)16-6-2-1-3-7-16/h1-3,6-7,9-11,13-14,21,23,32H,4-5,8,12H2,(H,34,35)/t21-,23?/m0/s1. The third-order valence-electron chi connectivity index (χ3n) is 6.06. The number of aromatic nitrogens is 1. The summed E-state index contributed by atoms with van der Waals surface area (Å²) in [5.74, 6) is -0.840. The first kappa shape index (κ1) is 24.7. The molecule has 9 heteroatoms. The van der Waals surface area contributed by atoms with Crippen LogP contribution >= 0.6 is 11.6 Å². The molecular weight excluding hydrogens is 477 g/mol. The van der Waals surface area contributed by atoms with E-state index >= 15 is 0 Å². The van der Waals surface area contributed by atoms with Crippen LogP contribution in [0.2, 0.25) is 5.02 Å². The summed E-state index contributed by atoms with van der Waals surface area (Å²) in [4.78, 5) is 17.0. The van der Waals surface area contributed by atoms with Gasteiger partial charge in [0.05, 0.1) is 28.3 Å². The molecule has 2 aromatic carbocycles. The van der Waals surface area contributed by atoms with Crippen molar-refractivity contribution in [3.05, 3.63) is 88.2 Å². The lowest BCUT2D eigenvalue weighted by molar-refractivity contribution is -0.137. The van der Waals surface area contributed by atoms with Crippen molar-refractivity contribution in [1.29, 1.82) is 5.26 Å². The Kier molecular flexibility index (Phi) is 7.39. The van der Waals surface area contributed by atoms with Gasteiger partial charge in [0.2, 0.25) is 0 Å². The largest absolute Gasteiger partial charge is 0.417 e. The van der Waals surface area contributed by atoms with Gasteiger partial charge >= 0.3 is 6.18 Å². The minimum atomic E-state index is -4.72. The van der Waals surface area contributed by atoms with Crippen molar-refractivity contribution in [3.63, 3.8) is 0 Å². The van der Waals surface area contributed by atoms with Gasteiger partial charge in [-0.1, -0.05) is 54.4 Å². The van der Waals surface area contributed by atoms with Crippen LogP contribution in [0, 0.1) is 11.3 Å². The van der Waals surface area contributed by atoms with E-state index in [0.29, 0.717) is 11.1 Å². The molecule has 1 aromatic heterocycles. The van der Waals surface area contributed by atoms with Crippen molar-refractivity contribution in [2.45, 2.75) is 37.5 Å². The molecule has 1 unspecified atom stereocenters. The summed E-state index contributed by atoms with van der Waals surface area (Å²) in [5, 5.41) is 15.3. The molecule has 1 amide bonds. The summed E-state index contributed by atoms with van der Waals surface area (Å²) >= 11 is 5.96. The van der Waals surface area contributed by atoms with E-state index in [1.807, 2.05) is 42.5 Å². The van der Waals surface area contributed by atoms with E-state index in [9.17, 15) is 23.2 Å². The van der Waals surface area contributed by atoms with Crippen LogP contribution in [0.1, 0.15) is 52.5 Å². The predicted molar refractivity (Wildman–Crippen MR) is 127 cm³/mol. The first-order valence-electron chi connectivity index (χ1n) is 11.1. The van der Waals surface area contributed by atoms with E-state index < -0.39 is 34.4 Å². The molecule has 1 saturated heterocycles. The molecule has 1 aliphatic heterocycles. The normalized spacial score (nSPS) is 16.8. The fourth-order valence-electron chi connectivity index (χ4n) is 4.32. The lowest BCUT2D eigenvalue weighted by Crippen LogP contribution is -2.46. The van der Waals surface area contributed by atoms with E-state index in [1.54, 1.807) is 6.07 Å². The molecule has 0 radical (unpaired) electrons. The summed E-state index contributed by atoms with van der Waals surface area (Å²) in [7, 11) is 0. The second-order valence-electron chi connectivity index (χ2n) is 8.31. The number of carbonyl (C=O) groups excluding carboxylic acids is 1. The Bertz CT molecular complexity index is 1250. The summed E-state index contributed by atoms with van der Waals surface area (Å²) < 4.78 is 40.0. The van der Waals surface area contributed by atoms with Crippen molar-refractivity contribution in [1.82, 2.24) is 15.6 Å². The van der Waals surface area contributed by atoms with Crippen LogP contribution in [0.5, 0.6) is 0 Å². The summed E-state index contributed by atoms with van der Waals surface area (Å²) in [6.45, 7) is 0.722. The first-order chi connectivity index (χ1) is 16.8. The number of hydrogen-bond acceptors (Lipinski definition) is 4. The smallest absolute Gasteiger partial charge is 0.342 e. The maximum atomic E-state index is 13.3. The van der Waals surface area contributed by atoms with Gasteiger partial charge in [0.25, 0.3) is 5.91 Å². The number of pyridine rings is 1. The monoisotopic (exact) mass is 498 g/mol. The summed E-state index contributed by atoms with van der Waals surface area (Å²) in [6.07, 6.45) is -1.22. The third kappa shape index (κ3) is 5.47. The molecule has 35 heavy (non-hydrogen) atoms. The van der Waals surface area contributed by atoms with Crippen molar-refractivity contribution in [2.24, 2.45) is 0 Å². The SMILES string of the molecule is N#Cc1ccc(-c2ccccc2)cc1C(NC(=O)c1nccc(C(F)(F)F)c1Cl)[C@@H]1CCCCN1. The van der Waals surface area contributed by atoms with Gasteiger partial charge in [-0.25, -0.2) is 4.98 Å². The van der Waals surface area contributed by atoms with E-state index in [0.717, 1.165) is 49.2 Å². The van der Waals surface area contributed by atoms with Gasteiger partial charge in [-0.3, -0.25) is 4.79 Å². The Labute approximate surface area is 205 Å². The molecule has 1 aliphatic rings. The maximum Gasteiger partial charge on any atom is 0.417 e. The molecule has 1 fully saturated rings. The topological polar surface area (TPSA) is 77.8 Å². The number of nitriles is 1. The summed E-state index contributed by atoms with van der Waals surface area (Å²) in [5.41, 5.74) is 1.08. The van der Waals surface area contributed by atoms with Gasteiger partial charge in [-0.05, 0) is 54.3 Å². The first-order valence-corrected chi connectivity index (χ1v) is 11.5. The molecule has 180 valence electrons. The molecule has 3 aromatic rings. The van der Waals surface area contributed by atoms with Crippen LogP contribution in [-0.2, 0) is 6.18 Å². The van der Waals surface area contributed by atoms with E-state index in [1.165, 1.54) is 0 Å². The summed E-state index contributed by atoms with van der Waals surface area (Å²) in [6, 6.07) is 16.9. The minimum Gasteiger partial charge on any atom is -0.342 e. The Balaban J connectivity index is 1.76. The zero-order valence-corrected chi connectivity index (χ0v) is 19.3. The zero-order valence-electron chi connectivity index (χ0n) is 18.6. The number of carbonyl (C=O) groups is 1. The number of amides is 1. The fourth-order valence-corrected chi connectivity index (χ4v) is 4.63. The second-order valence-corrected chi connectivity index (χ2v) is 8.68. The highest BCUT2D eigenvalue weighted by atomic mass is 35.5. The molecule has 2 heterocycles. The Morgan fingerprint density at radius 1 is 1.14 bits per heavy atom. The molecular formula is C26H22ClF3N4O. The molecule has 4 rings (SSSR count).